The first-order valence-corrected chi connectivity index (χ1v) is 9.94. The molecule has 1 unspecified atom stereocenters. The van der Waals surface area contributed by atoms with Crippen LogP contribution in [-0.4, -0.2) is 31.3 Å². The molecule has 29 heavy (non-hydrogen) atoms. The van der Waals surface area contributed by atoms with E-state index in [0.717, 1.165) is 41.6 Å². The minimum Gasteiger partial charge on any atom is -0.497 e. The number of methoxy groups -OCH3 is 1. The fraction of sp³-hybridized carbons (Fsp3) is 0.409. The SMILES string of the molecule is CCCCOc1c(NCCC(C)Nc2cc(OC)cc3cccnc23)c(=O)c1=O. The average Bonchev–Trinajstić information content (AvgIpc) is 2.74. The van der Waals surface area contributed by atoms with Gasteiger partial charge in [-0.2, -0.15) is 0 Å². The summed E-state index contributed by atoms with van der Waals surface area (Å²) in [6.45, 7) is 5.08. The summed E-state index contributed by atoms with van der Waals surface area (Å²) >= 11 is 0. The maximum atomic E-state index is 11.8. The van der Waals surface area contributed by atoms with Crippen molar-refractivity contribution in [2.75, 3.05) is 30.9 Å². The number of ether oxygens (including phenoxy) is 2. The van der Waals surface area contributed by atoms with Gasteiger partial charge in [0.05, 0.1) is 24.9 Å². The molecule has 2 aromatic carbocycles. The molecule has 0 spiro atoms. The quantitative estimate of drug-likeness (QED) is 0.379. The molecule has 3 rings (SSSR count). The molecule has 0 amide bonds. The van der Waals surface area contributed by atoms with Gasteiger partial charge in [0.25, 0.3) is 10.9 Å². The Morgan fingerprint density at radius 1 is 1.21 bits per heavy atom. The van der Waals surface area contributed by atoms with Crippen LogP contribution in [0.4, 0.5) is 11.4 Å². The zero-order valence-electron chi connectivity index (χ0n) is 17.1. The molecule has 0 aliphatic rings. The van der Waals surface area contributed by atoms with Crippen molar-refractivity contribution < 1.29 is 9.47 Å². The number of nitrogens with zero attached hydrogens (tertiary/aromatic N) is 1. The number of hydrogen-bond donors (Lipinski definition) is 2. The third kappa shape index (κ3) is 4.67. The summed E-state index contributed by atoms with van der Waals surface area (Å²) in [7, 11) is 1.64. The van der Waals surface area contributed by atoms with E-state index in [9.17, 15) is 9.59 Å². The van der Waals surface area contributed by atoms with Crippen LogP contribution >= 0.6 is 0 Å². The van der Waals surface area contributed by atoms with Gasteiger partial charge < -0.3 is 20.1 Å². The Kier molecular flexibility index (Phi) is 6.69. The summed E-state index contributed by atoms with van der Waals surface area (Å²) in [6.07, 6.45) is 4.31. The number of unbranched alkanes of at least 4 members (excludes halogenated alkanes) is 1. The van der Waals surface area contributed by atoms with E-state index in [4.69, 9.17) is 9.47 Å². The molecule has 1 heterocycles. The minimum absolute atomic E-state index is 0.107. The monoisotopic (exact) mass is 397 g/mol. The zero-order chi connectivity index (χ0) is 20.8. The third-order valence-electron chi connectivity index (χ3n) is 4.81. The largest absolute Gasteiger partial charge is 0.497 e. The highest BCUT2D eigenvalue weighted by atomic mass is 16.5. The number of benzene rings is 1. The molecule has 0 saturated heterocycles. The lowest BCUT2D eigenvalue weighted by Crippen LogP contribution is -2.36. The first-order chi connectivity index (χ1) is 14.0. The molecule has 7 heteroatoms. The van der Waals surface area contributed by atoms with Gasteiger partial charge in [0, 0.05) is 30.2 Å². The summed E-state index contributed by atoms with van der Waals surface area (Å²) in [5.74, 6) is 0.933. The normalized spacial score (nSPS) is 12.1. The molecule has 1 aromatic heterocycles. The molecular weight excluding hydrogens is 370 g/mol. The van der Waals surface area contributed by atoms with Crippen molar-refractivity contribution in [1.29, 1.82) is 0 Å². The van der Waals surface area contributed by atoms with Crippen LogP contribution in [0.5, 0.6) is 11.5 Å². The number of pyridine rings is 1. The first-order valence-electron chi connectivity index (χ1n) is 9.94. The Morgan fingerprint density at radius 2 is 2.03 bits per heavy atom. The van der Waals surface area contributed by atoms with Gasteiger partial charge in [0.1, 0.15) is 11.4 Å². The van der Waals surface area contributed by atoms with Gasteiger partial charge in [-0.15, -0.1) is 0 Å². The Balaban J connectivity index is 1.60. The van der Waals surface area contributed by atoms with Crippen molar-refractivity contribution in [3.8, 4) is 11.5 Å². The topological polar surface area (TPSA) is 89.5 Å². The lowest BCUT2D eigenvalue weighted by Gasteiger charge is -2.19. The van der Waals surface area contributed by atoms with Gasteiger partial charge in [-0.05, 0) is 31.9 Å². The van der Waals surface area contributed by atoms with Gasteiger partial charge in [0.15, 0.2) is 5.75 Å². The van der Waals surface area contributed by atoms with Gasteiger partial charge in [0.2, 0.25) is 0 Å². The highest BCUT2D eigenvalue weighted by Gasteiger charge is 2.22. The summed E-state index contributed by atoms with van der Waals surface area (Å²) in [4.78, 5) is 28.0. The molecule has 3 aromatic rings. The summed E-state index contributed by atoms with van der Waals surface area (Å²) in [5.41, 5.74) is 1.03. The number of nitrogens with one attached hydrogen (secondary N) is 2. The molecule has 0 saturated carbocycles. The number of anilines is 2. The second kappa shape index (κ2) is 9.41. The van der Waals surface area contributed by atoms with Crippen LogP contribution in [-0.2, 0) is 0 Å². The predicted octanol–water partition coefficient (Wildman–Crippen LogP) is 3.32. The highest BCUT2D eigenvalue weighted by Crippen LogP contribution is 2.28. The molecular formula is C22H27N3O4. The third-order valence-corrected chi connectivity index (χ3v) is 4.81. The van der Waals surface area contributed by atoms with Crippen LogP contribution in [0.15, 0.2) is 40.1 Å². The number of aromatic nitrogens is 1. The van der Waals surface area contributed by atoms with Crippen LogP contribution < -0.4 is 31.0 Å². The number of fused-ring (bicyclic) bond motifs is 1. The number of hydrogen-bond acceptors (Lipinski definition) is 7. The molecule has 0 bridgehead atoms. The van der Waals surface area contributed by atoms with Gasteiger partial charge in [-0.25, -0.2) is 0 Å². The predicted molar refractivity (Wildman–Crippen MR) is 116 cm³/mol. The maximum Gasteiger partial charge on any atom is 0.272 e. The Bertz CT molecular complexity index is 1040. The minimum atomic E-state index is -0.538. The summed E-state index contributed by atoms with van der Waals surface area (Å²) in [6, 6.07) is 7.87. The van der Waals surface area contributed by atoms with Gasteiger partial charge in [-0.3, -0.25) is 14.6 Å². The van der Waals surface area contributed by atoms with Crippen LogP contribution in [0.2, 0.25) is 0 Å². The van der Waals surface area contributed by atoms with Crippen LogP contribution in [0.25, 0.3) is 10.9 Å². The average molecular weight is 397 g/mol. The second-order valence-corrected chi connectivity index (χ2v) is 7.08. The molecule has 2 N–H and O–H groups in total. The van der Waals surface area contributed by atoms with Gasteiger partial charge >= 0.3 is 0 Å². The van der Waals surface area contributed by atoms with E-state index in [0.29, 0.717) is 18.8 Å². The molecule has 1 atom stereocenters. The van der Waals surface area contributed by atoms with E-state index in [1.807, 2.05) is 31.2 Å². The van der Waals surface area contributed by atoms with E-state index in [2.05, 4.69) is 22.5 Å². The molecule has 0 aliphatic heterocycles. The standard InChI is InChI=1S/C22H27N3O4/c1-4-5-11-29-22-19(20(26)21(22)27)24-10-8-14(2)25-17-13-16(28-3)12-15-7-6-9-23-18(15)17/h6-7,9,12-14,24-25H,4-5,8,10-11H2,1-3H3. The van der Waals surface area contributed by atoms with E-state index in [-0.39, 0.29) is 11.8 Å². The maximum absolute atomic E-state index is 11.8. The van der Waals surface area contributed by atoms with Crippen molar-refractivity contribution in [2.24, 2.45) is 0 Å². The molecule has 0 fully saturated rings. The van der Waals surface area contributed by atoms with Gasteiger partial charge in [-0.1, -0.05) is 19.4 Å². The zero-order valence-corrected chi connectivity index (χ0v) is 17.1. The van der Waals surface area contributed by atoms with Crippen molar-refractivity contribution in [3.63, 3.8) is 0 Å². The Hall–Kier alpha value is -3.09. The molecule has 7 nitrogen and oxygen atoms in total. The van der Waals surface area contributed by atoms with E-state index >= 15 is 0 Å². The Labute approximate surface area is 169 Å². The summed E-state index contributed by atoms with van der Waals surface area (Å²) < 4.78 is 10.8. The van der Waals surface area contributed by atoms with Crippen LogP contribution in [0.3, 0.4) is 0 Å². The fourth-order valence-electron chi connectivity index (χ4n) is 3.13. The highest BCUT2D eigenvalue weighted by molar-refractivity contribution is 5.91. The fourth-order valence-corrected chi connectivity index (χ4v) is 3.13. The van der Waals surface area contributed by atoms with Crippen molar-refractivity contribution >= 4 is 22.3 Å². The molecule has 0 aliphatic carbocycles. The van der Waals surface area contributed by atoms with Crippen molar-refractivity contribution in [2.45, 2.75) is 39.2 Å². The van der Waals surface area contributed by atoms with Crippen LogP contribution in [0.1, 0.15) is 33.1 Å². The van der Waals surface area contributed by atoms with E-state index in [1.165, 1.54) is 0 Å². The summed E-state index contributed by atoms with van der Waals surface area (Å²) in [5, 5.41) is 7.51. The van der Waals surface area contributed by atoms with Crippen molar-refractivity contribution in [3.05, 3.63) is 50.9 Å². The molecule has 154 valence electrons. The Morgan fingerprint density at radius 3 is 2.79 bits per heavy atom. The lowest BCUT2D eigenvalue weighted by atomic mass is 10.1. The smallest absolute Gasteiger partial charge is 0.272 e. The van der Waals surface area contributed by atoms with Crippen molar-refractivity contribution in [1.82, 2.24) is 4.98 Å². The van der Waals surface area contributed by atoms with Crippen LogP contribution in [0, 0.1) is 0 Å². The second-order valence-electron chi connectivity index (χ2n) is 7.08. The van der Waals surface area contributed by atoms with E-state index < -0.39 is 10.9 Å². The lowest BCUT2D eigenvalue weighted by molar-refractivity contribution is 0.304. The number of rotatable bonds is 11. The first kappa shape index (κ1) is 20.6. The van der Waals surface area contributed by atoms with E-state index in [1.54, 1.807) is 13.3 Å². The molecule has 0 radical (unpaired) electrons.